The molecule has 0 bridgehead atoms. The van der Waals surface area contributed by atoms with Crippen LogP contribution in [0.25, 0.3) is 0 Å². The van der Waals surface area contributed by atoms with E-state index in [1.807, 2.05) is 44.2 Å². The van der Waals surface area contributed by atoms with E-state index in [1.54, 1.807) is 12.1 Å². The van der Waals surface area contributed by atoms with Gasteiger partial charge >= 0.3 is 0 Å². The van der Waals surface area contributed by atoms with Gasteiger partial charge in [0.15, 0.2) is 0 Å². The summed E-state index contributed by atoms with van der Waals surface area (Å²) in [5.74, 6) is 2.06. The molecule has 0 saturated carbocycles. The number of non-ortho nitro benzene ring substituents is 1. The number of rotatable bonds is 11. The normalized spacial score (nSPS) is 10.9. The summed E-state index contributed by atoms with van der Waals surface area (Å²) in [4.78, 5) is 11.1. The van der Waals surface area contributed by atoms with Gasteiger partial charge in [-0.2, -0.15) is 0 Å². The Kier molecular flexibility index (Phi) is 10.7. The highest BCUT2D eigenvalue weighted by atomic mass is 35.5. The molecule has 7 heteroatoms. The first kappa shape index (κ1) is 33.4. The first-order valence-corrected chi connectivity index (χ1v) is 17.2. The van der Waals surface area contributed by atoms with Crippen LogP contribution < -0.4 is 37.8 Å². The van der Waals surface area contributed by atoms with Gasteiger partial charge in [-0.05, 0) is 85.1 Å². The summed E-state index contributed by atoms with van der Waals surface area (Å²) >= 11 is 0. The Labute approximate surface area is 282 Å². The molecule has 0 radical (unpaired) electrons. The van der Waals surface area contributed by atoms with E-state index in [1.165, 1.54) is 15.9 Å². The Morgan fingerprint density at radius 2 is 1.11 bits per heavy atom. The number of nitro benzene ring substituents is 1. The van der Waals surface area contributed by atoms with Gasteiger partial charge < -0.3 is 21.9 Å². The number of hydrogen-bond acceptors (Lipinski definition) is 4. The van der Waals surface area contributed by atoms with E-state index in [4.69, 9.17) is 9.47 Å². The van der Waals surface area contributed by atoms with Crippen LogP contribution >= 0.6 is 7.26 Å². The number of nitrogens with zero attached hydrogens (tertiary/aromatic N) is 1. The van der Waals surface area contributed by atoms with E-state index in [-0.39, 0.29) is 23.0 Å². The molecule has 0 aromatic heterocycles. The lowest BCUT2D eigenvalue weighted by Gasteiger charge is -2.28. The first-order chi connectivity index (χ1) is 22.4. The second kappa shape index (κ2) is 15.1. The van der Waals surface area contributed by atoms with Crippen molar-refractivity contribution < 1.29 is 26.8 Å². The molecule has 6 rings (SSSR count). The molecule has 0 saturated heterocycles. The van der Waals surface area contributed by atoms with Crippen molar-refractivity contribution in [1.29, 1.82) is 0 Å². The lowest BCUT2D eigenvalue weighted by atomic mass is 10.1. The number of aryl methyl sites for hydroxylation is 2. The van der Waals surface area contributed by atoms with Gasteiger partial charge in [0.2, 0.25) is 0 Å². The average molecular weight is 660 g/mol. The molecule has 5 nitrogen and oxygen atoms in total. The van der Waals surface area contributed by atoms with Crippen molar-refractivity contribution >= 4 is 28.9 Å². The van der Waals surface area contributed by atoms with Crippen LogP contribution in [0.2, 0.25) is 0 Å². The molecule has 0 amide bonds. The zero-order valence-electron chi connectivity index (χ0n) is 26.3. The third kappa shape index (κ3) is 7.38. The van der Waals surface area contributed by atoms with E-state index in [0.29, 0.717) is 35.4 Å². The van der Waals surface area contributed by atoms with Crippen LogP contribution in [-0.2, 0) is 12.8 Å². The van der Waals surface area contributed by atoms with Crippen molar-refractivity contribution in [3.63, 3.8) is 0 Å². The summed E-state index contributed by atoms with van der Waals surface area (Å²) in [6.07, 6.45) is 0.699. The summed E-state index contributed by atoms with van der Waals surface area (Å²) in [5, 5.41) is 15.3. The highest BCUT2D eigenvalue weighted by Crippen LogP contribution is 2.59. The minimum absolute atomic E-state index is 0. The molecular weight excluding hydrogens is 625 g/mol. The molecular formula is C40H35ClNO4P. The van der Waals surface area contributed by atoms with Crippen LogP contribution in [0.3, 0.4) is 0 Å². The Morgan fingerprint density at radius 1 is 0.638 bits per heavy atom. The lowest BCUT2D eigenvalue weighted by molar-refractivity contribution is -0.385. The molecule has 0 heterocycles. The fraction of sp³-hybridized carbons (Fsp3) is 0.100. The van der Waals surface area contributed by atoms with Crippen LogP contribution in [0.5, 0.6) is 17.2 Å². The van der Waals surface area contributed by atoms with Gasteiger partial charge in [-0.3, -0.25) is 10.1 Å². The molecule has 0 atom stereocenters. The van der Waals surface area contributed by atoms with Crippen LogP contribution in [0, 0.1) is 24.0 Å². The van der Waals surface area contributed by atoms with E-state index in [2.05, 4.69) is 109 Å². The minimum Gasteiger partial charge on any atom is -1.00 e. The standard InChI is InChI=1S/C40H35NO4P.ClH/c1-30-25-34(41(42)43)26-31(2)40(30)45-35-23-24-39(44-28-32-15-7-3-8-16-32)33(27-35)29-46(36-17-9-4-10-18-36,37-19-11-5-12-20-37)38-21-13-6-14-22-38;/h3-27H,28-29H2,1-2H3;1H/q+1;/p-1. The molecule has 47 heavy (non-hydrogen) atoms. The van der Waals surface area contributed by atoms with Crippen molar-refractivity contribution in [3.8, 4) is 17.2 Å². The van der Waals surface area contributed by atoms with Crippen molar-refractivity contribution in [2.24, 2.45) is 0 Å². The number of hydrogen-bond donors (Lipinski definition) is 0. The quantitative estimate of drug-likeness (QED) is 0.0961. The predicted octanol–water partition coefficient (Wildman–Crippen LogP) is 6.08. The summed E-state index contributed by atoms with van der Waals surface area (Å²) in [7, 11) is -2.25. The van der Waals surface area contributed by atoms with Crippen LogP contribution in [0.15, 0.2) is 152 Å². The van der Waals surface area contributed by atoms with Crippen LogP contribution in [0.4, 0.5) is 5.69 Å². The Morgan fingerprint density at radius 3 is 1.57 bits per heavy atom. The van der Waals surface area contributed by atoms with Gasteiger partial charge in [0.05, 0.1) is 4.92 Å². The molecule has 6 aromatic carbocycles. The maximum Gasteiger partial charge on any atom is 0.270 e. The van der Waals surface area contributed by atoms with Gasteiger partial charge in [0.1, 0.15) is 53.2 Å². The number of nitro groups is 1. The fourth-order valence-electron chi connectivity index (χ4n) is 5.95. The summed E-state index contributed by atoms with van der Waals surface area (Å²) in [6.45, 7) is 4.11. The maximum atomic E-state index is 11.5. The van der Waals surface area contributed by atoms with E-state index in [0.717, 1.165) is 16.9 Å². The Balaban J connectivity index is 0.00000433. The SMILES string of the molecule is Cc1cc([N+](=O)[O-])cc(C)c1Oc1ccc(OCc2ccccc2)c(C[P+](c2ccccc2)(c2ccccc2)c2ccccc2)c1.[Cl-]. The Hall–Kier alpha value is -4.96. The van der Waals surface area contributed by atoms with Crippen LogP contribution in [-0.4, -0.2) is 4.92 Å². The second-order valence-electron chi connectivity index (χ2n) is 11.3. The molecule has 0 spiro atoms. The van der Waals surface area contributed by atoms with Crippen molar-refractivity contribution in [2.45, 2.75) is 26.6 Å². The van der Waals surface area contributed by atoms with E-state index < -0.39 is 7.26 Å². The number of halogens is 1. The van der Waals surface area contributed by atoms with Gasteiger partial charge in [-0.25, -0.2) is 0 Å². The van der Waals surface area contributed by atoms with Gasteiger partial charge in [-0.1, -0.05) is 84.9 Å². The Bertz CT molecular complexity index is 1820. The third-order valence-electron chi connectivity index (χ3n) is 8.14. The summed E-state index contributed by atoms with van der Waals surface area (Å²) in [5.41, 5.74) is 3.57. The highest BCUT2D eigenvalue weighted by molar-refractivity contribution is 7.95. The molecule has 0 unspecified atom stereocenters. The lowest BCUT2D eigenvalue weighted by Crippen LogP contribution is -3.00. The topological polar surface area (TPSA) is 61.6 Å². The summed E-state index contributed by atoms with van der Waals surface area (Å²) in [6, 6.07) is 51.5. The first-order valence-electron chi connectivity index (χ1n) is 15.2. The molecule has 0 aliphatic rings. The van der Waals surface area contributed by atoms with Crippen molar-refractivity contribution in [1.82, 2.24) is 0 Å². The van der Waals surface area contributed by atoms with Crippen molar-refractivity contribution in [2.75, 3.05) is 0 Å². The molecule has 0 aliphatic carbocycles. The maximum absolute atomic E-state index is 11.5. The third-order valence-corrected chi connectivity index (χ3v) is 12.5. The summed E-state index contributed by atoms with van der Waals surface area (Å²) < 4.78 is 13.1. The largest absolute Gasteiger partial charge is 1.00 e. The van der Waals surface area contributed by atoms with Gasteiger partial charge in [0, 0.05) is 17.7 Å². The van der Waals surface area contributed by atoms with Gasteiger partial charge in [0.25, 0.3) is 5.69 Å². The van der Waals surface area contributed by atoms with Gasteiger partial charge in [-0.15, -0.1) is 0 Å². The fourth-order valence-corrected chi connectivity index (χ4v) is 10.2. The molecule has 0 fully saturated rings. The highest BCUT2D eigenvalue weighted by Gasteiger charge is 2.46. The second-order valence-corrected chi connectivity index (χ2v) is 14.8. The smallest absolute Gasteiger partial charge is 0.270 e. The number of ether oxygens (including phenoxy) is 2. The predicted molar refractivity (Wildman–Crippen MR) is 189 cm³/mol. The van der Waals surface area contributed by atoms with Crippen molar-refractivity contribution in [3.05, 3.63) is 184 Å². The molecule has 236 valence electrons. The monoisotopic (exact) mass is 659 g/mol. The molecule has 0 N–H and O–H groups in total. The zero-order chi connectivity index (χ0) is 31.9. The van der Waals surface area contributed by atoms with E-state index >= 15 is 0 Å². The molecule has 0 aliphatic heterocycles. The minimum atomic E-state index is -2.25. The molecule has 6 aromatic rings. The number of benzene rings is 6. The van der Waals surface area contributed by atoms with E-state index in [9.17, 15) is 10.1 Å². The average Bonchev–Trinajstić information content (AvgIpc) is 3.10. The zero-order valence-corrected chi connectivity index (χ0v) is 27.9. The van der Waals surface area contributed by atoms with Crippen LogP contribution in [0.1, 0.15) is 22.3 Å².